The number of pyridine rings is 1. The van der Waals surface area contributed by atoms with Crippen molar-refractivity contribution in [2.24, 2.45) is 5.92 Å². The first-order valence-electron chi connectivity index (χ1n) is 5.43. The van der Waals surface area contributed by atoms with E-state index in [0.29, 0.717) is 5.56 Å². The number of Topliss-reactive ketones (excluding diaryl/α,β-unsaturated/α-hetero) is 1. The highest BCUT2D eigenvalue weighted by molar-refractivity contribution is 6.06. The Morgan fingerprint density at radius 3 is 2.67 bits per heavy atom. The zero-order valence-electron chi connectivity index (χ0n) is 9.83. The van der Waals surface area contributed by atoms with Crippen molar-refractivity contribution in [3.05, 3.63) is 30.1 Å². The van der Waals surface area contributed by atoms with Gasteiger partial charge in [-0.25, -0.2) is 0 Å². The maximum atomic E-state index is 12.0. The fourth-order valence-electron chi connectivity index (χ4n) is 1.87. The number of carbonyl (C=O) groups is 3. The second-order valence-corrected chi connectivity index (χ2v) is 3.96. The molecule has 1 atom stereocenters. The van der Waals surface area contributed by atoms with Gasteiger partial charge in [-0.05, 0) is 12.1 Å². The Kier molecular flexibility index (Phi) is 3.36. The molecular weight excluding hydrogens is 236 g/mol. The van der Waals surface area contributed by atoms with Gasteiger partial charge in [0.15, 0.2) is 5.78 Å². The summed E-state index contributed by atoms with van der Waals surface area (Å²) in [5.41, 5.74) is 0.448. The number of likely N-dealkylation sites (tertiary alicyclic amines) is 1. The molecule has 1 aromatic heterocycles. The molecule has 0 aliphatic carbocycles. The van der Waals surface area contributed by atoms with Crippen LogP contribution in [0.5, 0.6) is 0 Å². The van der Waals surface area contributed by atoms with Crippen molar-refractivity contribution < 1.29 is 19.1 Å². The average molecular weight is 248 g/mol. The highest BCUT2D eigenvalue weighted by atomic mass is 16.5. The molecule has 0 N–H and O–H groups in total. The summed E-state index contributed by atoms with van der Waals surface area (Å²) in [6.07, 6.45) is 3.01. The molecule has 0 radical (unpaired) electrons. The number of hydrogen-bond acceptors (Lipinski definition) is 5. The fraction of sp³-hybridized carbons (Fsp3) is 0.333. The second-order valence-electron chi connectivity index (χ2n) is 3.96. The van der Waals surface area contributed by atoms with Gasteiger partial charge in [0.1, 0.15) is 5.92 Å². The van der Waals surface area contributed by atoms with Crippen LogP contribution in [0.4, 0.5) is 0 Å². The summed E-state index contributed by atoms with van der Waals surface area (Å²) in [6, 6.07) is 3.14. The molecule has 1 amide bonds. The number of hydrogen-bond donors (Lipinski definition) is 0. The summed E-state index contributed by atoms with van der Waals surface area (Å²) < 4.78 is 4.53. The van der Waals surface area contributed by atoms with E-state index in [2.05, 4.69) is 9.72 Å². The van der Waals surface area contributed by atoms with Crippen molar-refractivity contribution in [3.63, 3.8) is 0 Å². The van der Waals surface area contributed by atoms with Crippen molar-refractivity contribution >= 4 is 17.7 Å². The van der Waals surface area contributed by atoms with Gasteiger partial charge in [-0.2, -0.15) is 0 Å². The predicted octanol–water partition coefficient (Wildman–Crippen LogP) is -0.104. The molecule has 0 aromatic carbocycles. The molecule has 1 saturated heterocycles. The molecule has 0 spiro atoms. The molecule has 0 saturated carbocycles. The van der Waals surface area contributed by atoms with E-state index in [1.165, 1.54) is 24.4 Å². The highest BCUT2D eigenvalue weighted by Gasteiger charge is 2.39. The topological polar surface area (TPSA) is 76.6 Å². The Hall–Kier alpha value is -2.24. The smallest absolute Gasteiger partial charge is 0.318 e. The summed E-state index contributed by atoms with van der Waals surface area (Å²) in [5, 5.41) is 0. The summed E-state index contributed by atoms with van der Waals surface area (Å²) in [7, 11) is 1.23. The SMILES string of the molecule is COC(=O)C1CN(C(=O)c2ccncc2)CC1=O. The van der Waals surface area contributed by atoms with E-state index in [1.807, 2.05) is 0 Å². The van der Waals surface area contributed by atoms with Gasteiger partial charge >= 0.3 is 5.97 Å². The lowest BCUT2D eigenvalue weighted by molar-refractivity contribution is -0.147. The Balaban J connectivity index is 2.11. The molecule has 1 aliphatic rings. The first-order chi connectivity index (χ1) is 8.63. The van der Waals surface area contributed by atoms with E-state index in [1.54, 1.807) is 12.1 Å². The minimum Gasteiger partial charge on any atom is -0.468 e. The zero-order chi connectivity index (χ0) is 13.1. The minimum absolute atomic E-state index is 0.0546. The van der Waals surface area contributed by atoms with Crippen LogP contribution in [0.15, 0.2) is 24.5 Å². The lowest BCUT2D eigenvalue weighted by Crippen LogP contribution is -2.30. The molecule has 2 heterocycles. The standard InChI is InChI=1S/C12H12N2O4/c1-18-12(17)9-6-14(7-10(9)15)11(16)8-2-4-13-5-3-8/h2-5,9H,6-7H2,1H3. The normalized spacial score (nSPS) is 18.8. The lowest BCUT2D eigenvalue weighted by Gasteiger charge is -2.14. The summed E-state index contributed by atoms with van der Waals surface area (Å²) in [6.45, 7) is 0.0214. The summed E-state index contributed by atoms with van der Waals surface area (Å²) in [4.78, 5) is 40.2. The Labute approximate surface area is 104 Å². The van der Waals surface area contributed by atoms with Crippen LogP contribution in [-0.4, -0.2) is 47.7 Å². The number of carbonyl (C=O) groups excluding carboxylic acids is 3. The second kappa shape index (κ2) is 4.95. The van der Waals surface area contributed by atoms with Gasteiger partial charge in [0.2, 0.25) is 0 Å². The predicted molar refractivity (Wildman–Crippen MR) is 60.7 cm³/mol. The summed E-state index contributed by atoms with van der Waals surface area (Å²) >= 11 is 0. The van der Waals surface area contributed by atoms with E-state index in [9.17, 15) is 14.4 Å². The van der Waals surface area contributed by atoms with Crippen LogP contribution >= 0.6 is 0 Å². The van der Waals surface area contributed by atoms with Crippen molar-refractivity contribution in [1.29, 1.82) is 0 Å². The van der Waals surface area contributed by atoms with E-state index in [-0.39, 0.29) is 24.8 Å². The van der Waals surface area contributed by atoms with Crippen molar-refractivity contribution in [2.45, 2.75) is 0 Å². The van der Waals surface area contributed by atoms with E-state index in [0.717, 1.165) is 0 Å². The van der Waals surface area contributed by atoms with E-state index in [4.69, 9.17) is 0 Å². The van der Waals surface area contributed by atoms with Crippen LogP contribution in [-0.2, 0) is 14.3 Å². The monoisotopic (exact) mass is 248 g/mol. The maximum Gasteiger partial charge on any atom is 0.318 e. The van der Waals surface area contributed by atoms with Gasteiger partial charge in [0.05, 0.1) is 13.7 Å². The Morgan fingerprint density at radius 1 is 1.39 bits per heavy atom. The number of methoxy groups -OCH3 is 1. The first kappa shape index (κ1) is 12.2. The molecule has 0 bridgehead atoms. The third-order valence-electron chi connectivity index (χ3n) is 2.84. The molecule has 1 fully saturated rings. The van der Waals surface area contributed by atoms with Gasteiger partial charge in [0.25, 0.3) is 5.91 Å². The molecule has 2 rings (SSSR count). The number of ketones is 1. The van der Waals surface area contributed by atoms with Crippen LogP contribution in [0.3, 0.4) is 0 Å². The number of esters is 1. The van der Waals surface area contributed by atoms with E-state index >= 15 is 0 Å². The van der Waals surface area contributed by atoms with Gasteiger partial charge in [0, 0.05) is 24.5 Å². The number of nitrogens with zero attached hydrogens (tertiary/aromatic N) is 2. The molecule has 1 aromatic rings. The van der Waals surface area contributed by atoms with Crippen molar-refractivity contribution in [2.75, 3.05) is 20.2 Å². The lowest BCUT2D eigenvalue weighted by atomic mass is 10.1. The number of ether oxygens (including phenoxy) is 1. The zero-order valence-corrected chi connectivity index (χ0v) is 9.83. The quantitative estimate of drug-likeness (QED) is 0.539. The molecule has 6 heteroatoms. The van der Waals surface area contributed by atoms with E-state index < -0.39 is 11.9 Å². The first-order valence-corrected chi connectivity index (χ1v) is 5.43. The van der Waals surface area contributed by atoms with Crippen molar-refractivity contribution in [1.82, 2.24) is 9.88 Å². The van der Waals surface area contributed by atoms with Crippen LogP contribution in [0.2, 0.25) is 0 Å². The Morgan fingerprint density at radius 2 is 2.06 bits per heavy atom. The van der Waals surface area contributed by atoms with Crippen LogP contribution in [0.1, 0.15) is 10.4 Å². The Bertz CT molecular complexity index is 486. The largest absolute Gasteiger partial charge is 0.468 e. The molecular formula is C12H12N2O4. The third-order valence-corrected chi connectivity index (χ3v) is 2.84. The number of rotatable bonds is 2. The number of amides is 1. The fourth-order valence-corrected chi connectivity index (χ4v) is 1.87. The van der Waals surface area contributed by atoms with Gasteiger partial charge < -0.3 is 9.64 Å². The molecule has 6 nitrogen and oxygen atoms in total. The van der Waals surface area contributed by atoms with Gasteiger partial charge in [-0.1, -0.05) is 0 Å². The highest BCUT2D eigenvalue weighted by Crippen LogP contribution is 2.16. The van der Waals surface area contributed by atoms with Crippen LogP contribution in [0.25, 0.3) is 0 Å². The minimum atomic E-state index is -0.860. The molecule has 1 unspecified atom stereocenters. The van der Waals surface area contributed by atoms with Crippen molar-refractivity contribution in [3.8, 4) is 0 Å². The molecule has 94 valence electrons. The summed E-state index contributed by atoms with van der Waals surface area (Å²) in [5.74, 6) is -2.02. The number of aromatic nitrogens is 1. The molecule has 18 heavy (non-hydrogen) atoms. The third kappa shape index (κ3) is 2.22. The average Bonchev–Trinajstić information content (AvgIpc) is 2.80. The maximum absolute atomic E-state index is 12.0. The van der Waals surface area contributed by atoms with Gasteiger partial charge in [-0.3, -0.25) is 19.4 Å². The van der Waals surface area contributed by atoms with Crippen LogP contribution < -0.4 is 0 Å². The van der Waals surface area contributed by atoms with Crippen LogP contribution in [0, 0.1) is 5.92 Å². The molecule has 1 aliphatic heterocycles. The van der Waals surface area contributed by atoms with Gasteiger partial charge in [-0.15, -0.1) is 0 Å².